The Kier molecular flexibility index (Phi) is 7.17. The Labute approximate surface area is 317 Å². The van der Waals surface area contributed by atoms with Crippen LogP contribution in [0.25, 0.3) is 88.0 Å². The van der Waals surface area contributed by atoms with Crippen LogP contribution in [0, 0.1) is 0 Å². The van der Waals surface area contributed by atoms with Gasteiger partial charge in [0.05, 0.1) is 11.1 Å². The first-order chi connectivity index (χ1) is 27.2. The van der Waals surface area contributed by atoms with E-state index in [1.54, 1.807) is 0 Å². The lowest BCUT2D eigenvalue weighted by molar-refractivity contribution is 0.668. The molecule has 0 amide bonds. The van der Waals surface area contributed by atoms with Crippen LogP contribution in [0.2, 0.25) is 0 Å². The molecule has 3 heteroatoms. The topological polar surface area (TPSA) is 29.5 Å². The number of anilines is 3. The number of para-hydroxylation sites is 1. The Morgan fingerprint density at radius 2 is 0.873 bits per heavy atom. The second-order valence-electron chi connectivity index (χ2n) is 14.1. The third kappa shape index (κ3) is 5.28. The van der Waals surface area contributed by atoms with Crippen LogP contribution < -0.4 is 4.90 Å². The SMILES string of the molecule is c1ccc(-c2ccc3oc4cccc(N(c5ccc(-c6ccc7c(c6)oc6ccccc67)cc5)c5ccc(-c6cccc7ccccc67)cc5)c4c3c2)cc1. The molecular weight excluding hydrogens is 671 g/mol. The molecule has 55 heavy (non-hydrogen) atoms. The van der Waals surface area contributed by atoms with Crippen molar-refractivity contribution in [3.63, 3.8) is 0 Å². The van der Waals surface area contributed by atoms with Crippen molar-refractivity contribution in [2.45, 2.75) is 0 Å². The Hall–Kier alpha value is -7.36. The van der Waals surface area contributed by atoms with Gasteiger partial charge >= 0.3 is 0 Å². The van der Waals surface area contributed by atoms with Crippen molar-refractivity contribution < 1.29 is 8.83 Å². The minimum Gasteiger partial charge on any atom is -0.456 e. The Morgan fingerprint density at radius 1 is 0.309 bits per heavy atom. The number of hydrogen-bond acceptors (Lipinski definition) is 3. The lowest BCUT2D eigenvalue weighted by Crippen LogP contribution is -2.10. The van der Waals surface area contributed by atoms with Gasteiger partial charge in [0.25, 0.3) is 0 Å². The normalized spacial score (nSPS) is 11.6. The molecule has 11 rings (SSSR count). The second-order valence-corrected chi connectivity index (χ2v) is 14.1. The van der Waals surface area contributed by atoms with E-state index in [1.807, 2.05) is 12.1 Å². The van der Waals surface area contributed by atoms with Gasteiger partial charge in [0.15, 0.2) is 0 Å². The van der Waals surface area contributed by atoms with Crippen molar-refractivity contribution in [2.24, 2.45) is 0 Å². The third-order valence-electron chi connectivity index (χ3n) is 10.9. The lowest BCUT2D eigenvalue weighted by Gasteiger charge is -2.27. The zero-order chi connectivity index (χ0) is 36.3. The maximum Gasteiger partial charge on any atom is 0.137 e. The summed E-state index contributed by atoms with van der Waals surface area (Å²) in [6.07, 6.45) is 0. The van der Waals surface area contributed by atoms with Crippen LogP contribution in [0.1, 0.15) is 0 Å². The van der Waals surface area contributed by atoms with E-state index in [-0.39, 0.29) is 0 Å². The van der Waals surface area contributed by atoms with Gasteiger partial charge in [-0.3, -0.25) is 0 Å². The van der Waals surface area contributed by atoms with Gasteiger partial charge in [0.2, 0.25) is 0 Å². The highest BCUT2D eigenvalue weighted by molar-refractivity contribution is 6.14. The van der Waals surface area contributed by atoms with Crippen molar-refractivity contribution in [1.29, 1.82) is 0 Å². The molecule has 258 valence electrons. The zero-order valence-corrected chi connectivity index (χ0v) is 29.8. The van der Waals surface area contributed by atoms with Crippen molar-refractivity contribution in [3.05, 3.63) is 200 Å². The molecule has 0 aliphatic rings. The first-order valence-electron chi connectivity index (χ1n) is 18.7. The standard InChI is InChI=1S/C52H33NO2/c1-2-10-34(11-3-1)38-25-31-49-46(32-38)52-47(17-9-19-50(52)54-49)53(41-28-22-37(23-29-41)43-16-8-13-36-12-4-5-14-42(36)43)40-26-20-35(21-27-40)39-24-30-45-44-15-6-7-18-48(44)55-51(45)33-39/h1-33H. The molecule has 0 saturated heterocycles. The smallest absolute Gasteiger partial charge is 0.137 e. The summed E-state index contributed by atoms with van der Waals surface area (Å²) in [5.41, 5.74) is 13.6. The largest absolute Gasteiger partial charge is 0.456 e. The first-order valence-corrected chi connectivity index (χ1v) is 18.7. The molecule has 0 radical (unpaired) electrons. The Morgan fingerprint density at radius 3 is 1.71 bits per heavy atom. The highest BCUT2D eigenvalue weighted by atomic mass is 16.3. The van der Waals surface area contributed by atoms with Crippen molar-refractivity contribution in [2.75, 3.05) is 4.90 Å². The molecule has 0 spiro atoms. The van der Waals surface area contributed by atoms with Gasteiger partial charge in [-0.05, 0) is 111 Å². The average molecular weight is 704 g/mol. The number of fused-ring (bicyclic) bond motifs is 7. The van der Waals surface area contributed by atoms with E-state index in [0.717, 1.165) is 77.6 Å². The van der Waals surface area contributed by atoms with E-state index in [9.17, 15) is 0 Å². The molecule has 0 fully saturated rings. The quantitative estimate of drug-likeness (QED) is 0.173. The fraction of sp³-hybridized carbons (Fsp3) is 0. The zero-order valence-electron chi connectivity index (χ0n) is 29.8. The maximum atomic E-state index is 6.52. The maximum absolute atomic E-state index is 6.52. The van der Waals surface area contributed by atoms with E-state index in [4.69, 9.17) is 8.83 Å². The molecule has 11 aromatic rings. The second kappa shape index (κ2) is 12.6. The summed E-state index contributed by atoms with van der Waals surface area (Å²) >= 11 is 0. The summed E-state index contributed by atoms with van der Waals surface area (Å²) in [6, 6.07) is 71.0. The van der Waals surface area contributed by atoms with Crippen LogP contribution in [0.15, 0.2) is 209 Å². The minimum atomic E-state index is 0.853. The molecular formula is C52H33NO2. The van der Waals surface area contributed by atoms with Crippen LogP contribution in [0.3, 0.4) is 0 Å². The van der Waals surface area contributed by atoms with Crippen LogP contribution in [-0.2, 0) is 0 Å². The monoisotopic (exact) mass is 703 g/mol. The van der Waals surface area contributed by atoms with Gasteiger partial charge in [0.1, 0.15) is 22.3 Å². The summed E-state index contributed by atoms with van der Waals surface area (Å²) in [7, 11) is 0. The highest BCUT2D eigenvalue weighted by Gasteiger charge is 2.20. The molecule has 0 atom stereocenters. The van der Waals surface area contributed by atoms with Gasteiger partial charge < -0.3 is 13.7 Å². The molecule has 0 aliphatic heterocycles. The van der Waals surface area contributed by atoms with Gasteiger partial charge in [-0.25, -0.2) is 0 Å². The van der Waals surface area contributed by atoms with Gasteiger partial charge in [-0.15, -0.1) is 0 Å². The predicted octanol–water partition coefficient (Wildman–Crippen LogP) is 15.1. The van der Waals surface area contributed by atoms with Crippen molar-refractivity contribution in [3.8, 4) is 33.4 Å². The third-order valence-corrected chi connectivity index (χ3v) is 10.9. The number of hydrogen-bond donors (Lipinski definition) is 0. The molecule has 3 nitrogen and oxygen atoms in total. The highest BCUT2D eigenvalue weighted by Crippen LogP contribution is 2.45. The van der Waals surface area contributed by atoms with Gasteiger partial charge in [0, 0.05) is 27.5 Å². The summed E-state index contributed by atoms with van der Waals surface area (Å²) in [5, 5.41) is 6.91. The predicted molar refractivity (Wildman–Crippen MR) is 229 cm³/mol. The average Bonchev–Trinajstić information content (AvgIpc) is 3.82. The fourth-order valence-corrected chi connectivity index (χ4v) is 8.21. The number of benzene rings is 9. The van der Waals surface area contributed by atoms with E-state index >= 15 is 0 Å². The molecule has 0 aliphatic carbocycles. The van der Waals surface area contributed by atoms with Crippen molar-refractivity contribution >= 4 is 71.7 Å². The molecule has 0 unspecified atom stereocenters. The van der Waals surface area contributed by atoms with Gasteiger partial charge in [-0.1, -0.05) is 133 Å². The minimum absolute atomic E-state index is 0.853. The Balaban J connectivity index is 1.06. The molecule has 2 heterocycles. The van der Waals surface area contributed by atoms with E-state index in [1.165, 1.54) is 27.5 Å². The van der Waals surface area contributed by atoms with Crippen LogP contribution in [-0.4, -0.2) is 0 Å². The van der Waals surface area contributed by atoms with Crippen molar-refractivity contribution in [1.82, 2.24) is 0 Å². The fourth-order valence-electron chi connectivity index (χ4n) is 8.21. The van der Waals surface area contributed by atoms with E-state index < -0.39 is 0 Å². The van der Waals surface area contributed by atoms with E-state index in [2.05, 4.69) is 193 Å². The number of furan rings is 2. The molecule has 9 aromatic carbocycles. The van der Waals surface area contributed by atoms with Crippen LogP contribution >= 0.6 is 0 Å². The van der Waals surface area contributed by atoms with Gasteiger partial charge in [-0.2, -0.15) is 0 Å². The summed E-state index contributed by atoms with van der Waals surface area (Å²) in [4.78, 5) is 2.35. The summed E-state index contributed by atoms with van der Waals surface area (Å²) in [5.74, 6) is 0. The molecule has 0 bridgehead atoms. The summed E-state index contributed by atoms with van der Waals surface area (Å²) in [6.45, 7) is 0. The van der Waals surface area contributed by atoms with E-state index in [0.29, 0.717) is 0 Å². The molecule has 2 aromatic heterocycles. The summed E-state index contributed by atoms with van der Waals surface area (Å²) < 4.78 is 12.8. The van der Waals surface area contributed by atoms with Crippen LogP contribution in [0.4, 0.5) is 17.1 Å². The first kappa shape index (κ1) is 31.2. The lowest BCUT2D eigenvalue weighted by atomic mass is 9.98. The number of nitrogens with zero attached hydrogens (tertiary/aromatic N) is 1. The number of rotatable bonds is 6. The Bertz CT molecular complexity index is 3180. The molecule has 0 saturated carbocycles. The molecule has 0 N–H and O–H groups in total. The van der Waals surface area contributed by atoms with Crippen LogP contribution in [0.5, 0.6) is 0 Å².